The average Bonchev–Trinajstić information content (AvgIpc) is 2.77. The third kappa shape index (κ3) is 2.81. The first-order valence-electron chi connectivity index (χ1n) is 6.38. The van der Waals surface area contributed by atoms with Gasteiger partial charge in [0.2, 0.25) is 0 Å². The van der Waals surface area contributed by atoms with Crippen LogP contribution < -0.4 is 11.3 Å². The fourth-order valence-corrected chi connectivity index (χ4v) is 3.24. The highest BCUT2D eigenvalue weighted by molar-refractivity contribution is 7.20. The predicted octanol–water partition coefficient (Wildman–Crippen LogP) is 1.02. The number of aromatic nitrogens is 2. The number of methoxy groups -OCH3 is 1. The molecule has 6 nitrogen and oxygen atoms in total. The molecular weight excluding hydrogens is 297 g/mol. The molecule has 2 heterocycles. The van der Waals surface area contributed by atoms with Crippen LogP contribution in [0.3, 0.4) is 0 Å². The molecule has 8 heteroatoms. The number of ether oxygens (including phenoxy) is 1. The molecule has 0 saturated carbocycles. The zero-order valence-electron chi connectivity index (χ0n) is 11.8. The van der Waals surface area contributed by atoms with Gasteiger partial charge in [-0.3, -0.25) is 14.2 Å². The summed E-state index contributed by atoms with van der Waals surface area (Å²) in [7, 11) is 1.54. The minimum Gasteiger partial charge on any atom is -0.384 e. The number of carbonyl (C=O) groups excluding carboxylic acids is 1. The van der Waals surface area contributed by atoms with Crippen LogP contribution in [-0.2, 0) is 17.7 Å². The summed E-state index contributed by atoms with van der Waals surface area (Å²) in [5, 5.41) is 0.336. The van der Waals surface area contributed by atoms with Crippen LogP contribution in [-0.4, -0.2) is 35.8 Å². The molecule has 0 fully saturated rings. The lowest BCUT2D eigenvalue weighted by molar-refractivity contribution is 0.100. The maximum atomic E-state index is 12.7. The van der Waals surface area contributed by atoms with Crippen molar-refractivity contribution in [3.05, 3.63) is 26.6 Å². The first-order valence-corrected chi connectivity index (χ1v) is 7.20. The number of thiophene rings is 1. The normalized spacial score (nSPS) is 11.2. The van der Waals surface area contributed by atoms with Gasteiger partial charge >= 0.3 is 0 Å². The quantitative estimate of drug-likeness (QED) is 0.862. The third-order valence-corrected chi connectivity index (χ3v) is 4.39. The summed E-state index contributed by atoms with van der Waals surface area (Å²) in [6.45, 7) is 1.29. The Labute approximate surface area is 124 Å². The van der Waals surface area contributed by atoms with E-state index in [0.29, 0.717) is 39.5 Å². The van der Waals surface area contributed by atoms with E-state index in [1.165, 1.54) is 11.7 Å². The average molecular weight is 313 g/mol. The fourth-order valence-electron chi connectivity index (χ4n) is 2.19. The van der Waals surface area contributed by atoms with Crippen molar-refractivity contribution in [3.63, 3.8) is 0 Å². The number of halogens is 1. The lowest BCUT2D eigenvalue weighted by atomic mass is 10.2. The number of amides is 1. The number of primary amides is 1. The van der Waals surface area contributed by atoms with Gasteiger partial charge < -0.3 is 10.5 Å². The SMILES string of the molecule is COCCc1nc2sc(C(N)=O)c(C)c2c(=O)n1CCF. The molecule has 0 aliphatic rings. The second kappa shape index (κ2) is 6.31. The van der Waals surface area contributed by atoms with Gasteiger partial charge in [0.05, 0.1) is 23.4 Å². The zero-order chi connectivity index (χ0) is 15.6. The van der Waals surface area contributed by atoms with Gasteiger partial charge in [0.1, 0.15) is 17.3 Å². The Morgan fingerprint density at radius 3 is 2.81 bits per heavy atom. The van der Waals surface area contributed by atoms with E-state index in [1.807, 2.05) is 0 Å². The molecule has 2 aromatic rings. The van der Waals surface area contributed by atoms with Crippen LogP contribution in [0.1, 0.15) is 21.1 Å². The minimum atomic E-state index is -0.668. The topological polar surface area (TPSA) is 87.2 Å². The number of aryl methyl sites for hydroxylation is 1. The highest BCUT2D eigenvalue weighted by atomic mass is 32.1. The predicted molar refractivity (Wildman–Crippen MR) is 78.7 cm³/mol. The number of nitrogens with zero attached hydrogens (tertiary/aromatic N) is 2. The molecule has 0 spiro atoms. The van der Waals surface area contributed by atoms with Gasteiger partial charge in [0.15, 0.2) is 0 Å². The number of alkyl halides is 1. The first-order chi connectivity index (χ1) is 10.0. The third-order valence-electron chi connectivity index (χ3n) is 3.19. The Bertz CT molecular complexity index is 738. The largest absolute Gasteiger partial charge is 0.384 e. The van der Waals surface area contributed by atoms with Crippen molar-refractivity contribution >= 4 is 27.5 Å². The summed E-state index contributed by atoms with van der Waals surface area (Å²) in [6, 6.07) is 0. The van der Waals surface area contributed by atoms with Crippen LogP contribution in [0.5, 0.6) is 0 Å². The molecule has 1 amide bonds. The van der Waals surface area contributed by atoms with E-state index in [2.05, 4.69) is 4.98 Å². The summed E-state index contributed by atoms with van der Waals surface area (Å²) in [5.41, 5.74) is 5.46. The molecule has 0 aliphatic heterocycles. The molecule has 0 saturated heterocycles. The Morgan fingerprint density at radius 2 is 2.24 bits per heavy atom. The smallest absolute Gasteiger partial charge is 0.262 e. The molecule has 0 bridgehead atoms. The van der Waals surface area contributed by atoms with Crippen molar-refractivity contribution < 1.29 is 13.9 Å². The lowest BCUT2D eigenvalue weighted by Crippen LogP contribution is -2.27. The lowest BCUT2D eigenvalue weighted by Gasteiger charge is -2.10. The van der Waals surface area contributed by atoms with E-state index in [9.17, 15) is 14.0 Å². The van der Waals surface area contributed by atoms with E-state index >= 15 is 0 Å². The maximum Gasteiger partial charge on any atom is 0.262 e. The van der Waals surface area contributed by atoms with Crippen LogP contribution in [0, 0.1) is 6.92 Å². The highest BCUT2D eigenvalue weighted by Gasteiger charge is 2.19. The number of nitrogens with two attached hydrogens (primary N) is 1. The van der Waals surface area contributed by atoms with Crippen molar-refractivity contribution in [3.8, 4) is 0 Å². The summed E-state index contributed by atoms with van der Waals surface area (Å²) in [5.74, 6) is -0.144. The van der Waals surface area contributed by atoms with Crippen LogP contribution in [0.25, 0.3) is 10.2 Å². The van der Waals surface area contributed by atoms with E-state index in [-0.39, 0.29) is 12.1 Å². The zero-order valence-corrected chi connectivity index (χ0v) is 12.6. The second-order valence-electron chi connectivity index (χ2n) is 4.52. The van der Waals surface area contributed by atoms with Crippen LogP contribution in [0.15, 0.2) is 4.79 Å². The van der Waals surface area contributed by atoms with Crippen LogP contribution in [0.2, 0.25) is 0 Å². The van der Waals surface area contributed by atoms with E-state index in [0.717, 1.165) is 11.3 Å². The van der Waals surface area contributed by atoms with Crippen molar-refractivity contribution in [2.45, 2.75) is 19.9 Å². The fraction of sp³-hybridized carbons (Fsp3) is 0.462. The van der Waals surface area contributed by atoms with Crippen molar-refractivity contribution in [2.24, 2.45) is 5.73 Å². The van der Waals surface area contributed by atoms with Gasteiger partial charge in [0.25, 0.3) is 11.5 Å². The molecule has 0 radical (unpaired) electrons. The molecule has 0 atom stereocenters. The highest BCUT2D eigenvalue weighted by Crippen LogP contribution is 2.27. The summed E-state index contributed by atoms with van der Waals surface area (Å²) >= 11 is 1.09. The number of carbonyl (C=O) groups is 1. The van der Waals surface area contributed by atoms with Gasteiger partial charge in [-0.1, -0.05) is 0 Å². The number of hydrogen-bond acceptors (Lipinski definition) is 5. The second-order valence-corrected chi connectivity index (χ2v) is 5.52. The van der Waals surface area contributed by atoms with Gasteiger partial charge in [0, 0.05) is 13.5 Å². The van der Waals surface area contributed by atoms with Crippen molar-refractivity contribution in [1.29, 1.82) is 0 Å². The monoisotopic (exact) mass is 313 g/mol. The van der Waals surface area contributed by atoms with Crippen LogP contribution in [0.4, 0.5) is 4.39 Å². The molecule has 0 aliphatic carbocycles. The van der Waals surface area contributed by atoms with Gasteiger partial charge in [-0.15, -0.1) is 11.3 Å². The van der Waals surface area contributed by atoms with Gasteiger partial charge in [-0.05, 0) is 12.5 Å². The molecular formula is C13H16FN3O3S. The summed E-state index contributed by atoms with van der Waals surface area (Å²) in [6.07, 6.45) is 0.393. The van der Waals surface area contributed by atoms with Crippen molar-refractivity contribution in [2.75, 3.05) is 20.4 Å². The van der Waals surface area contributed by atoms with Crippen molar-refractivity contribution in [1.82, 2.24) is 9.55 Å². The molecule has 0 aromatic carbocycles. The van der Waals surface area contributed by atoms with E-state index in [1.54, 1.807) is 6.92 Å². The standard InChI is InChI=1S/C13H16FN3O3S/c1-7-9-12(21-10(7)11(15)18)16-8(3-6-20-2)17(5-4-14)13(9)19/h3-6H2,1-2H3,(H2,15,18). The molecule has 114 valence electrons. The van der Waals surface area contributed by atoms with Gasteiger partial charge in [-0.2, -0.15) is 0 Å². The Hall–Kier alpha value is -1.80. The van der Waals surface area contributed by atoms with Gasteiger partial charge in [-0.25, -0.2) is 9.37 Å². The Morgan fingerprint density at radius 1 is 1.52 bits per heavy atom. The van der Waals surface area contributed by atoms with E-state index in [4.69, 9.17) is 10.5 Å². The number of hydrogen-bond donors (Lipinski definition) is 1. The molecule has 2 aromatic heterocycles. The molecule has 0 unspecified atom stereocenters. The molecule has 2 N–H and O–H groups in total. The number of rotatable bonds is 6. The summed E-state index contributed by atoms with van der Waals surface area (Å²) in [4.78, 5) is 29.1. The molecule has 2 rings (SSSR count). The first kappa shape index (κ1) is 15.6. The van der Waals surface area contributed by atoms with Crippen LogP contribution >= 0.6 is 11.3 Å². The maximum absolute atomic E-state index is 12.7. The molecule has 21 heavy (non-hydrogen) atoms. The Kier molecular flexibility index (Phi) is 4.69. The summed E-state index contributed by atoms with van der Waals surface area (Å²) < 4.78 is 19.0. The minimum absolute atomic E-state index is 0.0674. The van der Waals surface area contributed by atoms with E-state index < -0.39 is 12.6 Å². The Balaban J connectivity index is 2.71. The number of fused-ring (bicyclic) bond motifs is 1.